The van der Waals surface area contributed by atoms with Gasteiger partial charge in [0.15, 0.2) is 11.6 Å². The van der Waals surface area contributed by atoms with Crippen molar-refractivity contribution in [3.05, 3.63) is 101 Å². The SMILES string of the molecule is O=C(O)c1ccccc1CCCCCc1ccccc1NC(=O)c1cccc(F)c1F. The number of para-hydroxylation sites is 1. The number of carbonyl (C=O) groups excluding carboxylic acids is 1. The number of amides is 1. The van der Waals surface area contributed by atoms with Gasteiger partial charge in [-0.25, -0.2) is 13.6 Å². The van der Waals surface area contributed by atoms with Gasteiger partial charge in [0, 0.05) is 5.69 Å². The molecular weight excluding hydrogens is 400 g/mol. The van der Waals surface area contributed by atoms with E-state index in [2.05, 4.69) is 5.32 Å². The molecule has 3 aromatic carbocycles. The summed E-state index contributed by atoms with van der Waals surface area (Å²) in [5.74, 6) is -3.85. The largest absolute Gasteiger partial charge is 0.478 e. The highest BCUT2D eigenvalue weighted by Crippen LogP contribution is 2.21. The van der Waals surface area contributed by atoms with E-state index >= 15 is 0 Å². The van der Waals surface area contributed by atoms with Crippen LogP contribution in [0.5, 0.6) is 0 Å². The van der Waals surface area contributed by atoms with Gasteiger partial charge >= 0.3 is 5.97 Å². The molecule has 0 aliphatic carbocycles. The van der Waals surface area contributed by atoms with Crippen LogP contribution in [0.1, 0.15) is 51.1 Å². The fourth-order valence-electron chi connectivity index (χ4n) is 3.48. The molecule has 0 fully saturated rings. The topological polar surface area (TPSA) is 66.4 Å². The van der Waals surface area contributed by atoms with Gasteiger partial charge in [0.25, 0.3) is 5.91 Å². The summed E-state index contributed by atoms with van der Waals surface area (Å²) in [4.78, 5) is 23.7. The van der Waals surface area contributed by atoms with Crippen LogP contribution >= 0.6 is 0 Å². The Balaban J connectivity index is 1.56. The van der Waals surface area contributed by atoms with Crippen LogP contribution in [-0.2, 0) is 12.8 Å². The number of unbranched alkanes of at least 4 members (excludes halogenated alkanes) is 2. The minimum Gasteiger partial charge on any atom is -0.478 e. The number of anilines is 1. The van der Waals surface area contributed by atoms with E-state index in [9.17, 15) is 23.5 Å². The fourth-order valence-corrected chi connectivity index (χ4v) is 3.48. The Bertz CT molecular complexity index is 1080. The molecule has 2 N–H and O–H groups in total. The van der Waals surface area contributed by atoms with Crippen LogP contribution < -0.4 is 5.32 Å². The molecule has 0 aliphatic heterocycles. The van der Waals surface area contributed by atoms with Crippen molar-refractivity contribution < 1.29 is 23.5 Å². The lowest BCUT2D eigenvalue weighted by Gasteiger charge is -2.12. The fraction of sp³-hybridized carbons (Fsp3) is 0.200. The number of rotatable bonds is 9. The molecule has 0 atom stereocenters. The molecule has 3 rings (SSSR count). The number of hydrogen-bond acceptors (Lipinski definition) is 2. The Morgan fingerprint density at radius 1 is 0.742 bits per heavy atom. The third-order valence-corrected chi connectivity index (χ3v) is 5.10. The molecule has 31 heavy (non-hydrogen) atoms. The van der Waals surface area contributed by atoms with Gasteiger partial charge < -0.3 is 10.4 Å². The Hall–Kier alpha value is -3.54. The predicted molar refractivity (Wildman–Crippen MR) is 115 cm³/mol. The van der Waals surface area contributed by atoms with Crippen molar-refractivity contribution in [2.75, 3.05) is 5.32 Å². The van der Waals surface area contributed by atoms with Crippen molar-refractivity contribution in [1.29, 1.82) is 0 Å². The highest BCUT2D eigenvalue weighted by atomic mass is 19.2. The van der Waals surface area contributed by atoms with E-state index < -0.39 is 23.5 Å². The van der Waals surface area contributed by atoms with Crippen molar-refractivity contribution in [3.63, 3.8) is 0 Å². The first-order valence-corrected chi connectivity index (χ1v) is 10.1. The van der Waals surface area contributed by atoms with Crippen LogP contribution in [0.25, 0.3) is 0 Å². The van der Waals surface area contributed by atoms with E-state index in [-0.39, 0.29) is 5.56 Å². The van der Waals surface area contributed by atoms with Gasteiger partial charge in [0.05, 0.1) is 11.1 Å². The second-order valence-electron chi connectivity index (χ2n) is 7.24. The molecule has 0 bridgehead atoms. The highest BCUT2D eigenvalue weighted by Gasteiger charge is 2.16. The summed E-state index contributed by atoms with van der Waals surface area (Å²) in [6.45, 7) is 0. The molecule has 0 aliphatic rings. The molecule has 3 aromatic rings. The molecule has 0 saturated carbocycles. The zero-order valence-corrected chi connectivity index (χ0v) is 16.9. The summed E-state index contributed by atoms with van der Waals surface area (Å²) in [7, 11) is 0. The molecule has 0 spiro atoms. The quantitative estimate of drug-likeness (QED) is 0.423. The summed E-state index contributed by atoms with van der Waals surface area (Å²) < 4.78 is 27.3. The number of hydrogen-bond donors (Lipinski definition) is 2. The van der Waals surface area contributed by atoms with Crippen molar-refractivity contribution >= 4 is 17.6 Å². The molecule has 160 valence electrons. The van der Waals surface area contributed by atoms with Crippen LogP contribution in [0.15, 0.2) is 66.7 Å². The highest BCUT2D eigenvalue weighted by molar-refractivity contribution is 6.04. The van der Waals surface area contributed by atoms with Crippen LogP contribution in [-0.4, -0.2) is 17.0 Å². The minimum absolute atomic E-state index is 0.333. The second-order valence-corrected chi connectivity index (χ2v) is 7.24. The van der Waals surface area contributed by atoms with Gasteiger partial charge in [-0.2, -0.15) is 0 Å². The summed E-state index contributed by atoms with van der Waals surface area (Å²) in [5, 5.41) is 11.9. The van der Waals surface area contributed by atoms with Gasteiger partial charge in [0.1, 0.15) is 0 Å². The third kappa shape index (κ3) is 5.75. The zero-order chi connectivity index (χ0) is 22.2. The maximum Gasteiger partial charge on any atom is 0.335 e. The zero-order valence-electron chi connectivity index (χ0n) is 16.9. The minimum atomic E-state index is -1.17. The number of halogens is 2. The van der Waals surface area contributed by atoms with Crippen molar-refractivity contribution in [2.45, 2.75) is 32.1 Å². The van der Waals surface area contributed by atoms with E-state index in [4.69, 9.17) is 0 Å². The summed E-state index contributed by atoms with van der Waals surface area (Å²) in [6.07, 6.45) is 3.95. The van der Waals surface area contributed by atoms with E-state index in [1.54, 1.807) is 24.3 Å². The Morgan fingerprint density at radius 2 is 1.35 bits per heavy atom. The molecule has 1 amide bonds. The Morgan fingerprint density at radius 3 is 2.10 bits per heavy atom. The lowest BCUT2D eigenvalue weighted by atomic mass is 9.99. The first-order chi connectivity index (χ1) is 15.0. The molecule has 6 heteroatoms. The Labute approximate surface area is 179 Å². The van der Waals surface area contributed by atoms with E-state index in [1.807, 2.05) is 24.3 Å². The summed E-state index contributed by atoms with van der Waals surface area (Å²) in [5.41, 5.74) is 2.28. The number of carboxylic acids is 1. The lowest BCUT2D eigenvalue weighted by Crippen LogP contribution is -2.15. The van der Waals surface area contributed by atoms with E-state index in [1.165, 1.54) is 12.1 Å². The van der Waals surface area contributed by atoms with Gasteiger partial charge in [-0.3, -0.25) is 4.79 Å². The van der Waals surface area contributed by atoms with E-state index in [0.717, 1.165) is 36.5 Å². The molecule has 0 radical (unpaired) electrons. The first kappa shape index (κ1) is 22.2. The van der Waals surface area contributed by atoms with Crippen LogP contribution in [0, 0.1) is 11.6 Å². The number of carbonyl (C=O) groups is 2. The van der Waals surface area contributed by atoms with Crippen molar-refractivity contribution in [2.24, 2.45) is 0 Å². The number of nitrogens with one attached hydrogen (secondary N) is 1. The van der Waals surface area contributed by atoms with Gasteiger partial charge in [0.2, 0.25) is 0 Å². The standard InChI is InChI=1S/C25H23F2NO3/c26-21-15-8-14-20(23(21)27)24(29)28-22-16-7-5-12-18(22)11-3-1-2-9-17-10-4-6-13-19(17)25(30)31/h4-8,10,12-16H,1-3,9,11H2,(H,28,29)(H,30,31). The lowest BCUT2D eigenvalue weighted by molar-refractivity contribution is 0.0695. The molecule has 0 saturated heterocycles. The normalized spacial score (nSPS) is 10.6. The molecule has 0 unspecified atom stereocenters. The van der Waals surface area contributed by atoms with Gasteiger partial charge in [-0.1, -0.05) is 48.9 Å². The Kier molecular flexibility index (Phi) is 7.49. The number of benzene rings is 3. The van der Waals surface area contributed by atoms with Crippen molar-refractivity contribution in [1.82, 2.24) is 0 Å². The average Bonchev–Trinajstić information content (AvgIpc) is 2.76. The molecule has 0 heterocycles. The average molecular weight is 423 g/mol. The molecule has 4 nitrogen and oxygen atoms in total. The monoisotopic (exact) mass is 423 g/mol. The third-order valence-electron chi connectivity index (χ3n) is 5.10. The summed E-state index contributed by atoms with van der Waals surface area (Å²) >= 11 is 0. The maximum atomic E-state index is 13.9. The predicted octanol–water partition coefficient (Wildman–Crippen LogP) is 5.87. The number of aryl methyl sites for hydroxylation is 2. The first-order valence-electron chi connectivity index (χ1n) is 10.1. The van der Waals surface area contributed by atoms with Crippen molar-refractivity contribution in [3.8, 4) is 0 Å². The smallest absolute Gasteiger partial charge is 0.335 e. The summed E-state index contributed by atoms with van der Waals surface area (Å²) in [6, 6.07) is 17.7. The van der Waals surface area contributed by atoms with Gasteiger partial charge in [-0.05, 0) is 61.1 Å². The number of aromatic carboxylic acids is 1. The van der Waals surface area contributed by atoms with Crippen LogP contribution in [0.2, 0.25) is 0 Å². The second kappa shape index (κ2) is 10.5. The number of carboxylic acid groups (broad SMARTS) is 1. The van der Waals surface area contributed by atoms with Gasteiger partial charge in [-0.15, -0.1) is 0 Å². The van der Waals surface area contributed by atoms with Crippen LogP contribution in [0.4, 0.5) is 14.5 Å². The van der Waals surface area contributed by atoms with Crippen LogP contribution in [0.3, 0.4) is 0 Å². The molecule has 0 aromatic heterocycles. The van der Waals surface area contributed by atoms with E-state index in [0.29, 0.717) is 24.1 Å². The maximum absolute atomic E-state index is 13.9. The molecular formula is C25H23F2NO3.